The van der Waals surface area contributed by atoms with E-state index < -0.39 is 0 Å². The van der Waals surface area contributed by atoms with E-state index in [-0.39, 0.29) is 12.0 Å². The molecule has 4 heteroatoms. The fraction of sp³-hybridized carbons (Fsp3) is 0.417. The van der Waals surface area contributed by atoms with Crippen LogP contribution in [-0.4, -0.2) is 26.7 Å². The lowest BCUT2D eigenvalue weighted by atomic mass is 10.1. The van der Waals surface area contributed by atoms with Gasteiger partial charge in [-0.05, 0) is 17.7 Å². The molecule has 1 atom stereocenters. The Morgan fingerprint density at radius 3 is 2.75 bits per heavy atom. The molecule has 0 aliphatic carbocycles. The average molecular weight is 223 g/mol. The molecule has 0 aliphatic rings. The van der Waals surface area contributed by atoms with Crippen LogP contribution in [0.1, 0.15) is 18.6 Å². The molecule has 0 saturated heterocycles. The summed E-state index contributed by atoms with van der Waals surface area (Å²) < 4.78 is 10.4. The van der Waals surface area contributed by atoms with Crippen LogP contribution in [0.15, 0.2) is 24.3 Å². The molecule has 4 nitrogen and oxygen atoms in total. The van der Waals surface area contributed by atoms with Crippen LogP contribution >= 0.6 is 0 Å². The van der Waals surface area contributed by atoms with Crippen molar-refractivity contribution in [1.29, 1.82) is 0 Å². The predicted molar refractivity (Wildman–Crippen MR) is 61.4 cm³/mol. The first kappa shape index (κ1) is 12.5. The van der Waals surface area contributed by atoms with E-state index in [9.17, 15) is 4.79 Å². The smallest absolute Gasteiger partial charge is 0.216 e. The number of methoxy groups -OCH3 is 2. The highest BCUT2D eigenvalue weighted by Crippen LogP contribution is 2.20. The highest BCUT2D eigenvalue weighted by Gasteiger charge is 2.11. The van der Waals surface area contributed by atoms with Crippen LogP contribution in [0, 0.1) is 0 Å². The summed E-state index contributed by atoms with van der Waals surface area (Å²) in [5.41, 5.74) is 0.982. The number of rotatable bonds is 5. The van der Waals surface area contributed by atoms with Crippen molar-refractivity contribution in [2.24, 2.45) is 0 Å². The van der Waals surface area contributed by atoms with Gasteiger partial charge in [0.2, 0.25) is 5.91 Å². The number of hydrogen-bond donors (Lipinski definition) is 1. The van der Waals surface area contributed by atoms with E-state index in [0.29, 0.717) is 6.54 Å². The van der Waals surface area contributed by atoms with Crippen LogP contribution in [0.2, 0.25) is 0 Å². The Bertz CT molecular complexity index is 352. The topological polar surface area (TPSA) is 47.6 Å². The molecule has 0 saturated carbocycles. The SMILES string of the molecule is COc1cccc([C@H](CNC(C)=O)OC)c1. The number of hydrogen-bond acceptors (Lipinski definition) is 3. The first-order valence-electron chi connectivity index (χ1n) is 5.08. The van der Waals surface area contributed by atoms with Crippen molar-refractivity contribution < 1.29 is 14.3 Å². The van der Waals surface area contributed by atoms with E-state index in [4.69, 9.17) is 9.47 Å². The van der Waals surface area contributed by atoms with Gasteiger partial charge in [-0.1, -0.05) is 12.1 Å². The van der Waals surface area contributed by atoms with Gasteiger partial charge in [-0.3, -0.25) is 4.79 Å². The predicted octanol–water partition coefficient (Wildman–Crippen LogP) is 1.52. The largest absolute Gasteiger partial charge is 0.497 e. The zero-order valence-corrected chi connectivity index (χ0v) is 9.82. The van der Waals surface area contributed by atoms with E-state index in [1.54, 1.807) is 14.2 Å². The van der Waals surface area contributed by atoms with Crippen LogP contribution in [-0.2, 0) is 9.53 Å². The Labute approximate surface area is 95.6 Å². The molecular formula is C12H17NO3. The Kier molecular flexibility index (Phi) is 4.79. The molecule has 0 bridgehead atoms. The Morgan fingerprint density at radius 2 is 2.19 bits per heavy atom. The molecule has 1 aromatic rings. The van der Waals surface area contributed by atoms with Crippen molar-refractivity contribution in [3.63, 3.8) is 0 Å². The van der Waals surface area contributed by atoms with Gasteiger partial charge in [0.25, 0.3) is 0 Å². The fourth-order valence-corrected chi connectivity index (χ4v) is 1.42. The maximum Gasteiger partial charge on any atom is 0.216 e. The van der Waals surface area contributed by atoms with Gasteiger partial charge in [0.15, 0.2) is 0 Å². The minimum atomic E-state index is -0.154. The summed E-state index contributed by atoms with van der Waals surface area (Å²) in [5, 5.41) is 2.73. The number of carbonyl (C=O) groups is 1. The van der Waals surface area contributed by atoms with Gasteiger partial charge in [0.1, 0.15) is 5.75 Å². The summed E-state index contributed by atoms with van der Waals surface area (Å²) in [6, 6.07) is 7.61. The van der Waals surface area contributed by atoms with Gasteiger partial charge in [0, 0.05) is 20.6 Å². The lowest BCUT2D eigenvalue weighted by Crippen LogP contribution is -2.26. The van der Waals surface area contributed by atoms with Crippen LogP contribution in [0.4, 0.5) is 0 Å². The van der Waals surface area contributed by atoms with Crippen molar-refractivity contribution in [3.8, 4) is 5.75 Å². The van der Waals surface area contributed by atoms with E-state index in [2.05, 4.69) is 5.32 Å². The van der Waals surface area contributed by atoms with E-state index >= 15 is 0 Å². The fourth-order valence-electron chi connectivity index (χ4n) is 1.42. The zero-order chi connectivity index (χ0) is 12.0. The lowest BCUT2D eigenvalue weighted by Gasteiger charge is -2.16. The van der Waals surface area contributed by atoms with Gasteiger partial charge in [0.05, 0.1) is 13.2 Å². The number of benzene rings is 1. The normalized spacial score (nSPS) is 11.9. The number of ether oxygens (including phenoxy) is 2. The van der Waals surface area contributed by atoms with Gasteiger partial charge in [-0.15, -0.1) is 0 Å². The van der Waals surface area contributed by atoms with Gasteiger partial charge in [-0.25, -0.2) is 0 Å². The zero-order valence-electron chi connectivity index (χ0n) is 9.82. The summed E-state index contributed by atoms with van der Waals surface area (Å²) in [6.45, 7) is 1.94. The Morgan fingerprint density at radius 1 is 1.44 bits per heavy atom. The molecule has 1 aromatic carbocycles. The Hall–Kier alpha value is -1.55. The lowest BCUT2D eigenvalue weighted by molar-refractivity contribution is -0.119. The first-order chi connectivity index (χ1) is 7.67. The molecule has 0 spiro atoms. The van der Waals surface area contributed by atoms with Gasteiger partial charge >= 0.3 is 0 Å². The van der Waals surface area contributed by atoms with Crippen molar-refractivity contribution in [2.45, 2.75) is 13.0 Å². The second kappa shape index (κ2) is 6.12. The van der Waals surface area contributed by atoms with E-state index in [1.807, 2.05) is 24.3 Å². The molecule has 0 aromatic heterocycles. The van der Waals surface area contributed by atoms with Crippen LogP contribution in [0.25, 0.3) is 0 Å². The third-order valence-corrected chi connectivity index (χ3v) is 2.29. The monoisotopic (exact) mass is 223 g/mol. The van der Waals surface area contributed by atoms with E-state index in [0.717, 1.165) is 11.3 Å². The minimum absolute atomic E-state index is 0.0649. The van der Waals surface area contributed by atoms with Crippen LogP contribution < -0.4 is 10.1 Å². The molecule has 1 N–H and O–H groups in total. The molecule has 88 valence electrons. The highest BCUT2D eigenvalue weighted by atomic mass is 16.5. The van der Waals surface area contributed by atoms with Gasteiger partial charge in [-0.2, -0.15) is 0 Å². The number of carbonyl (C=O) groups excluding carboxylic acids is 1. The Balaban J connectivity index is 2.73. The molecule has 0 aliphatic heterocycles. The number of amides is 1. The third kappa shape index (κ3) is 3.55. The molecule has 0 unspecified atom stereocenters. The molecule has 0 heterocycles. The molecule has 1 amide bonds. The van der Waals surface area contributed by atoms with E-state index in [1.165, 1.54) is 6.92 Å². The average Bonchev–Trinajstić information content (AvgIpc) is 2.30. The van der Waals surface area contributed by atoms with Crippen molar-refractivity contribution >= 4 is 5.91 Å². The summed E-state index contributed by atoms with van der Waals surface area (Å²) in [7, 11) is 3.24. The standard InChI is InChI=1S/C12H17NO3/c1-9(14)13-8-12(16-3)10-5-4-6-11(7-10)15-2/h4-7,12H,8H2,1-3H3,(H,13,14)/t12-/m0/s1. The highest BCUT2D eigenvalue weighted by molar-refractivity contribution is 5.72. The maximum absolute atomic E-state index is 10.8. The summed E-state index contributed by atoms with van der Waals surface area (Å²) in [6.07, 6.45) is -0.154. The first-order valence-corrected chi connectivity index (χ1v) is 5.08. The second-order valence-electron chi connectivity index (χ2n) is 3.44. The van der Waals surface area contributed by atoms with Gasteiger partial charge < -0.3 is 14.8 Å². The summed E-state index contributed by atoms with van der Waals surface area (Å²) in [5.74, 6) is 0.715. The second-order valence-corrected chi connectivity index (χ2v) is 3.44. The summed E-state index contributed by atoms with van der Waals surface area (Å²) in [4.78, 5) is 10.8. The van der Waals surface area contributed by atoms with Crippen molar-refractivity contribution in [2.75, 3.05) is 20.8 Å². The minimum Gasteiger partial charge on any atom is -0.497 e. The third-order valence-electron chi connectivity index (χ3n) is 2.29. The van der Waals surface area contributed by atoms with Crippen molar-refractivity contribution in [1.82, 2.24) is 5.32 Å². The maximum atomic E-state index is 10.8. The van der Waals surface area contributed by atoms with Crippen LogP contribution in [0.5, 0.6) is 5.75 Å². The molecule has 16 heavy (non-hydrogen) atoms. The van der Waals surface area contributed by atoms with Crippen LogP contribution in [0.3, 0.4) is 0 Å². The molecule has 1 rings (SSSR count). The quantitative estimate of drug-likeness (QED) is 0.823. The molecule has 0 fully saturated rings. The molecule has 0 radical (unpaired) electrons. The number of nitrogens with one attached hydrogen (secondary N) is 1. The van der Waals surface area contributed by atoms with Crippen molar-refractivity contribution in [3.05, 3.63) is 29.8 Å². The molecular weight excluding hydrogens is 206 g/mol. The summed E-state index contributed by atoms with van der Waals surface area (Å²) >= 11 is 0.